The van der Waals surface area contributed by atoms with E-state index in [0.717, 1.165) is 23.1 Å². The van der Waals surface area contributed by atoms with E-state index in [0.29, 0.717) is 5.75 Å². The highest BCUT2D eigenvalue weighted by Gasteiger charge is 2.22. The molecule has 2 nitrogen and oxygen atoms in total. The van der Waals surface area contributed by atoms with Gasteiger partial charge in [-0.25, -0.2) is 0 Å². The van der Waals surface area contributed by atoms with Crippen molar-refractivity contribution < 1.29 is 10.2 Å². The standard InChI is InChI=1S/C19H23IO2/c1-12-9-14(18(22)16(10-12)19(2,3)4)11-17(20)13-5-7-15(21)8-6-13/h5-10,17,21-22H,11H2,1-4H3. The number of hydrogen-bond acceptors (Lipinski definition) is 2. The Morgan fingerprint density at radius 3 is 2.18 bits per heavy atom. The van der Waals surface area contributed by atoms with Crippen molar-refractivity contribution in [3.63, 3.8) is 0 Å². The monoisotopic (exact) mass is 410 g/mol. The molecule has 0 amide bonds. The Labute approximate surface area is 146 Å². The molecule has 1 unspecified atom stereocenters. The third-order valence-corrected chi connectivity index (χ3v) is 4.95. The quantitative estimate of drug-likeness (QED) is 0.524. The van der Waals surface area contributed by atoms with Crippen LogP contribution in [-0.4, -0.2) is 10.2 Å². The van der Waals surface area contributed by atoms with Gasteiger partial charge >= 0.3 is 0 Å². The van der Waals surface area contributed by atoms with Crippen molar-refractivity contribution in [1.29, 1.82) is 0 Å². The van der Waals surface area contributed by atoms with Crippen LogP contribution in [0.1, 0.15) is 46.9 Å². The molecular weight excluding hydrogens is 387 g/mol. The summed E-state index contributed by atoms with van der Waals surface area (Å²) in [4.78, 5) is 0. The molecule has 0 spiro atoms. The van der Waals surface area contributed by atoms with E-state index in [1.165, 1.54) is 5.56 Å². The van der Waals surface area contributed by atoms with Crippen molar-refractivity contribution in [2.75, 3.05) is 0 Å². The van der Waals surface area contributed by atoms with Gasteiger partial charge in [0.1, 0.15) is 11.5 Å². The van der Waals surface area contributed by atoms with Crippen LogP contribution >= 0.6 is 22.6 Å². The average Bonchev–Trinajstić information content (AvgIpc) is 2.42. The van der Waals surface area contributed by atoms with Crippen molar-refractivity contribution in [3.05, 3.63) is 58.7 Å². The van der Waals surface area contributed by atoms with E-state index in [1.807, 2.05) is 12.1 Å². The van der Waals surface area contributed by atoms with Gasteiger partial charge in [0.15, 0.2) is 0 Å². The number of aryl methyl sites for hydroxylation is 1. The number of phenols is 2. The molecule has 0 fully saturated rings. The Hall–Kier alpha value is -1.23. The van der Waals surface area contributed by atoms with Gasteiger partial charge in [-0.15, -0.1) is 0 Å². The number of halogens is 1. The molecule has 22 heavy (non-hydrogen) atoms. The first-order chi connectivity index (χ1) is 10.2. The van der Waals surface area contributed by atoms with Crippen LogP contribution in [0.3, 0.4) is 0 Å². The highest BCUT2D eigenvalue weighted by atomic mass is 127. The van der Waals surface area contributed by atoms with E-state index >= 15 is 0 Å². The third-order valence-electron chi connectivity index (χ3n) is 3.80. The summed E-state index contributed by atoms with van der Waals surface area (Å²) in [6, 6.07) is 11.4. The Morgan fingerprint density at radius 2 is 1.64 bits per heavy atom. The van der Waals surface area contributed by atoms with Crippen LogP contribution < -0.4 is 0 Å². The summed E-state index contributed by atoms with van der Waals surface area (Å²) in [7, 11) is 0. The predicted octanol–water partition coefficient (Wildman–Crippen LogP) is 5.42. The summed E-state index contributed by atoms with van der Waals surface area (Å²) in [5.41, 5.74) is 4.22. The molecule has 2 aromatic carbocycles. The number of rotatable bonds is 3. The van der Waals surface area contributed by atoms with Crippen molar-refractivity contribution in [1.82, 2.24) is 0 Å². The summed E-state index contributed by atoms with van der Waals surface area (Å²) < 4.78 is 0.249. The van der Waals surface area contributed by atoms with E-state index < -0.39 is 0 Å². The SMILES string of the molecule is Cc1cc(CC(I)c2ccc(O)cc2)c(O)c(C(C)(C)C)c1. The largest absolute Gasteiger partial charge is 0.508 e. The van der Waals surface area contributed by atoms with E-state index in [9.17, 15) is 10.2 Å². The smallest absolute Gasteiger partial charge is 0.122 e. The van der Waals surface area contributed by atoms with Gasteiger partial charge in [0.05, 0.1) is 0 Å². The number of hydrogen-bond donors (Lipinski definition) is 2. The summed E-state index contributed by atoms with van der Waals surface area (Å²) in [5.74, 6) is 0.694. The van der Waals surface area contributed by atoms with Crippen LogP contribution in [0, 0.1) is 6.92 Å². The minimum Gasteiger partial charge on any atom is -0.508 e. The molecule has 0 heterocycles. The Morgan fingerprint density at radius 1 is 1.05 bits per heavy atom. The van der Waals surface area contributed by atoms with Gasteiger partial charge in [-0.05, 0) is 47.6 Å². The van der Waals surface area contributed by atoms with Crippen LogP contribution in [0.4, 0.5) is 0 Å². The zero-order chi connectivity index (χ0) is 16.5. The molecule has 0 aliphatic carbocycles. The van der Waals surface area contributed by atoms with E-state index in [1.54, 1.807) is 12.1 Å². The third kappa shape index (κ3) is 3.94. The molecule has 0 saturated heterocycles. The van der Waals surface area contributed by atoms with Gasteiger partial charge in [-0.3, -0.25) is 0 Å². The van der Waals surface area contributed by atoms with E-state index in [-0.39, 0.29) is 15.1 Å². The molecule has 2 aromatic rings. The molecule has 1 atom stereocenters. The van der Waals surface area contributed by atoms with Crippen LogP contribution in [0.25, 0.3) is 0 Å². The highest BCUT2D eigenvalue weighted by Crippen LogP contribution is 2.38. The lowest BCUT2D eigenvalue weighted by Crippen LogP contribution is -2.13. The maximum absolute atomic E-state index is 10.6. The molecule has 0 aromatic heterocycles. The number of benzene rings is 2. The number of phenolic OH excluding ortho intramolecular Hbond substituents is 2. The lowest BCUT2D eigenvalue weighted by atomic mass is 9.83. The van der Waals surface area contributed by atoms with Gasteiger partial charge in [0, 0.05) is 3.92 Å². The average molecular weight is 410 g/mol. The molecule has 3 heteroatoms. The molecule has 0 radical (unpaired) electrons. The lowest BCUT2D eigenvalue weighted by Gasteiger charge is -2.23. The minimum absolute atomic E-state index is 0.0792. The summed E-state index contributed by atoms with van der Waals surface area (Å²) >= 11 is 2.39. The van der Waals surface area contributed by atoms with Crippen molar-refractivity contribution in [2.45, 2.75) is 43.5 Å². The van der Waals surface area contributed by atoms with Gasteiger partial charge in [-0.2, -0.15) is 0 Å². The fraction of sp³-hybridized carbons (Fsp3) is 0.368. The number of alkyl halides is 1. The van der Waals surface area contributed by atoms with Crippen LogP contribution in [0.2, 0.25) is 0 Å². The molecular formula is C19H23IO2. The van der Waals surface area contributed by atoms with Crippen LogP contribution in [-0.2, 0) is 11.8 Å². The molecule has 2 N–H and O–H groups in total. The lowest BCUT2D eigenvalue weighted by molar-refractivity contribution is 0.440. The second-order valence-corrected chi connectivity index (χ2v) is 8.34. The first kappa shape index (κ1) is 17.1. The molecule has 118 valence electrons. The summed E-state index contributed by atoms with van der Waals surface area (Å²) in [6.45, 7) is 8.42. The van der Waals surface area contributed by atoms with E-state index in [2.05, 4.69) is 62.4 Å². The van der Waals surface area contributed by atoms with Gasteiger partial charge in [-0.1, -0.05) is 73.2 Å². The molecule has 0 saturated carbocycles. The first-order valence-corrected chi connectivity index (χ1v) is 8.69. The minimum atomic E-state index is -0.0792. The Balaban J connectivity index is 2.33. The second-order valence-electron chi connectivity index (χ2n) is 6.83. The molecule has 0 aliphatic heterocycles. The van der Waals surface area contributed by atoms with Crippen molar-refractivity contribution >= 4 is 22.6 Å². The summed E-state index contributed by atoms with van der Waals surface area (Å²) in [6.07, 6.45) is 0.766. The Bertz CT molecular complexity index is 654. The summed E-state index contributed by atoms with van der Waals surface area (Å²) in [5, 5.41) is 20.0. The number of aromatic hydroxyl groups is 2. The first-order valence-electron chi connectivity index (χ1n) is 7.44. The van der Waals surface area contributed by atoms with Crippen LogP contribution in [0.15, 0.2) is 36.4 Å². The molecule has 0 aliphatic rings. The molecule has 2 rings (SSSR count). The van der Waals surface area contributed by atoms with Crippen molar-refractivity contribution in [3.8, 4) is 11.5 Å². The maximum Gasteiger partial charge on any atom is 0.122 e. The zero-order valence-electron chi connectivity index (χ0n) is 13.5. The van der Waals surface area contributed by atoms with Gasteiger partial charge in [0.25, 0.3) is 0 Å². The van der Waals surface area contributed by atoms with Gasteiger partial charge < -0.3 is 10.2 Å². The predicted molar refractivity (Wildman–Crippen MR) is 100 cm³/mol. The normalized spacial score (nSPS) is 13.1. The van der Waals surface area contributed by atoms with Crippen molar-refractivity contribution in [2.24, 2.45) is 0 Å². The highest BCUT2D eigenvalue weighted by molar-refractivity contribution is 14.1. The topological polar surface area (TPSA) is 40.5 Å². The fourth-order valence-electron chi connectivity index (χ4n) is 2.58. The van der Waals surface area contributed by atoms with Crippen LogP contribution in [0.5, 0.6) is 11.5 Å². The zero-order valence-corrected chi connectivity index (χ0v) is 15.7. The fourth-order valence-corrected chi connectivity index (χ4v) is 3.46. The van der Waals surface area contributed by atoms with Gasteiger partial charge in [0.2, 0.25) is 0 Å². The second kappa shape index (κ2) is 6.49. The Kier molecular flexibility index (Phi) is 5.05. The van der Waals surface area contributed by atoms with E-state index in [4.69, 9.17) is 0 Å². The molecule has 0 bridgehead atoms. The maximum atomic E-state index is 10.6.